The van der Waals surface area contributed by atoms with E-state index in [0.29, 0.717) is 11.6 Å². The summed E-state index contributed by atoms with van der Waals surface area (Å²) < 4.78 is 37.6. The lowest BCUT2D eigenvalue weighted by Gasteiger charge is -2.33. The number of rotatable bonds is 4. The molecule has 0 spiro atoms. The number of nitrogens with zero attached hydrogens (tertiary/aromatic N) is 4. The highest BCUT2D eigenvalue weighted by Gasteiger charge is 2.33. The van der Waals surface area contributed by atoms with Crippen LogP contribution in [0, 0.1) is 13.8 Å². The average Bonchev–Trinajstić information content (AvgIpc) is 3.07. The molecule has 1 saturated heterocycles. The monoisotopic (exact) mass is 380 g/mol. The van der Waals surface area contributed by atoms with Gasteiger partial charge in [0.25, 0.3) is 0 Å². The largest absolute Gasteiger partial charge is 0.495 e. The summed E-state index contributed by atoms with van der Waals surface area (Å²) in [7, 11) is -2.28. The Morgan fingerprint density at radius 3 is 2.42 bits per heavy atom. The standard InChI is InChI=1S/C16H20N4O5S/c1-11-4-5-13(24-3)14(10-11)26(22,23)20-8-6-19(7-9-20)16(21)15-18-17-12(2)25-15/h4-5,10H,6-9H2,1-3H3. The molecule has 1 aromatic heterocycles. The minimum absolute atomic E-state index is 0.0841. The van der Waals surface area contributed by atoms with E-state index >= 15 is 0 Å². The maximum absolute atomic E-state index is 13.0. The highest BCUT2D eigenvalue weighted by atomic mass is 32.2. The number of sulfonamides is 1. The Balaban J connectivity index is 1.75. The number of amides is 1. The molecule has 0 N–H and O–H groups in total. The second-order valence-electron chi connectivity index (χ2n) is 5.98. The SMILES string of the molecule is COc1ccc(C)cc1S(=O)(=O)N1CCN(C(=O)c2nnc(C)o2)CC1. The van der Waals surface area contributed by atoms with Crippen LogP contribution in [0.4, 0.5) is 0 Å². The van der Waals surface area contributed by atoms with Crippen molar-refractivity contribution in [3.05, 3.63) is 35.5 Å². The summed E-state index contributed by atoms with van der Waals surface area (Å²) in [5.41, 5.74) is 0.824. The fourth-order valence-corrected chi connectivity index (χ4v) is 4.44. The minimum Gasteiger partial charge on any atom is -0.495 e. The predicted molar refractivity (Wildman–Crippen MR) is 91.4 cm³/mol. The molecule has 1 amide bonds. The van der Waals surface area contributed by atoms with Gasteiger partial charge in [0.15, 0.2) is 0 Å². The fraction of sp³-hybridized carbons (Fsp3) is 0.438. The molecule has 2 heterocycles. The van der Waals surface area contributed by atoms with E-state index in [-0.39, 0.29) is 37.0 Å². The van der Waals surface area contributed by atoms with Gasteiger partial charge in [-0.3, -0.25) is 4.79 Å². The second kappa shape index (κ2) is 7.04. The molecule has 0 unspecified atom stereocenters. The first-order valence-electron chi connectivity index (χ1n) is 8.07. The molecule has 26 heavy (non-hydrogen) atoms. The number of hydrogen-bond donors (Lipinski definition) is 0. The number of carbonyl (C=O) groups is 1. The molecule has 1 fully saturated rings. The van der Waals surface area contributed by atoms with Crippen molar-refractivity contribution in [1.82, 2.24) is 19.4 Å². The fourth-order valence-electron chi connectivity index (χ4n) is 2.77. The molecule has 1 aliphatic heterocycles. The first kappa shape index (κ1) is 18.3. The van der Waals surface area contributed by atoms with Crippen molar-refractivity contribution in [3.63, 3.8) is 0 Å². The first-order chi connectivity index (χ1) is 12.3. The van der Waals surface area contributed by atoms with Crippen LogP contribution < -0.4 is 4.74 Å². The zero-order chi connectivity index (χ0) is 18.9. The third kappa shape index (κ3) is 3.42. The Hall–Kier alpha value is -2.46. The quantitative estimate of drug-likeness (QED) is 0.774. The van der Waals surface area contributed by atoms with Crippen LogP contribution in [0.5, 0.6) is 5.75 Å². The number of aryl methyl sites for hydroxylation is 2. The molecule has 0 radical (unpaired) electrons. The Labute approximate surface area is 151 Å². The minimum atomic E-state index is -3.72. The maximum Gasteiger partial charge on any atom is 0.311 e. The van der Waals surface area contributed by atoms with Gasteiger partial charge in [0.05, 0.1) is 7.11 Å². The molecular weight excluding hydrogens is 360 g/mol. The number of methoxy groups -OCH3 is 1. The summed E-state index contributed by atoms with van der Waals surface area (Å²) in [6, 6.07) is 5.02. The third-order valence-corrected chi connectivity index (χ3v) is 6.09. The molecule has 0 aliphatic carbocycles. The van der Waals surface area contributed by atoms with Gasteiger partial charge in [-0.1, -0.05) is 6.07 Å². The van der Waals surface area contributed by atoms with Crippen LogP contribution in [0.3, 0.4) is 0 Å². The van der Waals surface area contributed by atoms with Crippen molar-refractivity contribution in [2.75, 3.05) is 33.3 Å². The summed E-state index contributed by atoms with van der Waals surface area (Å²) in [6.45, 7) is 4.27. The topological polar surface area (TPSA) is 106 Å². The van der Waals surface area contributed by atoms with E-state index in [2.05, 4.69) is 10.2 Å². The van der Waals surface area contributed by atoms with E-state index < -0.39 is 15.9 Å². The van der Waals surface area contributed by atoms with Crippen molar-refractivity contribution >= 4 is 15.9 Å². The number of piperazine rings is 1. The molecule has 3 rings (SSSR count). The number of aromatic nitrogens is 2. The molecule has 9 nitrogen and oxygen atoms in total. The zero-order valence-corrected chi connectivity index (χ0v) is 15.6. The smallest absolute Gasteiger partial charge is 0.311 e. The summed E-state index contributed by atoms with van der Waals surface area (Å²) in [5.74, 6) is 0.131. The molecule has 0 atom stereocenters. The predicted octanol–water partition coefficient (Wildman–Crippen LogP) is 0.842. The summed E-state index contributed by atoms with van der Waals surface area (Å²) >= 11 is 0. The Morgan fingerprint density at radius 2 is 1.85 bits per heavy atom. The van der Waals surface area contributed by atoms with Crippen LogP contribution in [-0.2, 0) is 10.0 Å². The normalized spacial score (nSPS) is 15.9. The van der Waals surface area contributed by atoms with Crippen molar-refractivity contribution in [2.24, 2.45) is 0 Å². The van der Waals surface area contributed by atoms with Crippen molar-refractivity contribution in [2.45, 2.75) is 18.7 Å². The third-order valence-electron chi connectivity index (χ3n) is 4.17. The van der Waals surface area contributed by atoms with E-state index in [1.165, 1.54) is 16.3 Å². The van der Waals surface area contributed by atoms with Crippen LogP contribution in [0.25, 0.3) is 0 Å². The van der Waals surface area contributed by atoms with Crippen LogP contribution >= 0.6 is 0 Å². The van der Waals surface area contributed by atoms with Crippen molar-refractivity contribution in [1.29, 1.82) is 0 Å². The van der Waals surface area contributed by atoms with E-state index in [4.69, 9.17) is 9.15 Å². The number of benzene rings is 1. The van der Waals surface area contributed by atoms with E-state index in [9.17, 15) is 13.2 Å². The lowest BCUT2D eigenvalue weighted by atomic mass is 10.2. The molecule has 1 aliphatic rings. The van der Waals surface area contributed by atoms with Crippen LogP contribution in [0.2, 0.25) is 0 Å². The molecule has 2 aromatic rings. The van der Waals surface area contributed by atoms with Crippen LogP contribution in [0.15, 0.2) is 27.5 Å². The molecule has 10 heteroatoms. The van der Waals surface area contributed by atoms with E-state index in [1.807, 2.05) is 6.92 Å². The summed E-state index contributed by atoms with van der Waals surface area (Å²) in [5, 5.41) is 7.35. The molecule has 0 saturated carbocycles. The van der Waals surface area contributed by atoms with Gasteiger partial charge in [0.1, 0.15) is 10.6 Å². The highest BCUT2D eigenvalue weighted by Crippen LogP contribution is 2.28. The van der Waals surface area contributed by atoms with Gasteiger partial charge < -0.3 is 14.1 Å². The van der Waals surface area contributed by atoms with E-state index in [0.717, 1.165) is 5.56 Å². The van der Waals surface area contributed by atoms with Gasteiger partial charge in [-0.25, -0.2) is 8.42 Å². The van der Waals surface area contributed by atoms with Crippen LogP contribution in [0.1, 0.15) is 22.1 Å². The van der Waals surface area contributed by atoms with Gasteiger partial charge in [-0.2, -0.15) is 4.31 Å². The van der Waals surface area contributed by atoms with Gasteiger partial charge in [-0.15, -0.1) is 10.2 Å². The first-order valence-corrected chi connectivity index (χ1v) is 9.51. The Kier molecular flexibility index (Phi) is 4.97. The number of ether oxygens (including phenoxy) is 1. The second-order valence-corrected chi connectivity index (χ2v) is 7.88. The summed E-state index contributed by atoms with van der Waals surface area (Å²) in [4.78, 5) is 14.0. The lowest BCUT2D eigenvalue weighted by molar-refractivity contribution is 0.0656. The summed E-state index contributed by atoms with van der Waals surface area (Å²) in [6.07, 6.45) is 0. The average molecular weight is 380 g/mol. The van der Waals surface area contributed by atoms with Crippen molar-refractivity contribution in [3.8, 4) is 5.75 Å². The lowest BCUT2D eigenvalue weighted by Crippen LogP contribution is -2.50. The Bertz CT molecular complexity index is 916. The van der Waals surface area contributed by atoms with Crippen molar-refractivity contribution < 1.29 is 22.4 Å². The van der Waals surface area contributed by atoms with Crippen LogP contribution in [-0.4, -0.2) is 67.0 Å². The van der Waals surface area contributed by atoms with Gasteiger partial charge >= 0.3 is 11.8 Å². The Morgan fingerprint density at radius 1 is 1.15 bits per heavy atom. The number of carbonyl (C=O) groups excluding carboxylic acids is 1. The van der Waals surface area contributed by atoms with Gasteiger partial charge in [-0.05, 0) is 24.6 Å². The maximum atomic E-state index is 13.0. The molecule has 0 bridgehead atoms. The highest BCUT2D eigenvalue weighted by molar-refractivity contribution is 7.89. The zero-order valence-electron chi connectivity index (χ0n) is 14.8. The van der Waals surface area contributed by atoms with Gasteiger partial charge in [0.2, 0.25) is 15.9 Å². The molecular formula is C16H20N4O5S. The number of hydrogen-bond acceptors (Lipinski definition) is 7. The molecule has 1 aromatic carbocycles. The van der Waals surface area contributed by atoms with Gasteiger partial charge in [0, 0.05) is 33.1 Å². The molecule has 140 valence electrons. The van der Waals surface area contributed by atoms with E-state index in [1.54, 1.807) is 25.1 Å².